The largest absolute Gasteiger partial charge is 0.338 e. The third kappa shape index (κ3) is 2.85. The lowest BCUT2D eigenvalue weighted by atomic mass is 9.90. The van der Waals surface area contributed by atoms with Crippen molar-refractivity contribution in [1.82, 2.24) is 15.1 Å². The molecule has 1 saturated heterocycles. The second-order valence-corrected chi connectivity index (χ2v) is 6.05. The highest BCUT2D eigenvalue weighted by Gasteiger charge is 2.36. The van der Waals surface area contributed by atoms with Crippen LogP contribution in [-0.4, -0.2) is 40.6 Å². The van der Waals surface area contributed by atoms with Crippen LogP contribution in [0.15, 0.2) is 4.79 Å². The summed E-state index contributed by atoms with van der Waals surface area (Å²) in [5.41, 5.74) is 7.16. The Kier molecular flexibility index (Phi) is 4.46. The number of likely N-dealkylation sites (tertiary alicyclic amines) is 1. The first-order valence-corrected chi connectivity index (χ1v) is 7.55. The minimum atomic E-state index is -0.393. The summed E-state index contributed by atoms with van der Waals surface area (Å²) in [4.78, 5) is 26.6. The number of aromatic nitrogens is 2. The number of carbonyl (C=O) groups excluding carboxylic acids is 1. The van der Waals surface area contributed by atoms with Gasteiger partial charge < -0.3 is 10.6 Å². The Morgan fingerprint density at radius 2 is 2.14 bits per heavy atom. The fraction of sp³-hybridized carbons (Fsp3) is 0.667. The van der Waals surface area contributed by atoms with Gasteiger partial charge in [-0.05, 0) is 36.8 Å². The van der Waals surface area contributed by atoms with Crippen molar-refractivity contribution in [1.29, 1.82) is 0 Å². The summed E-state index contributed by atoms with van der Waals surface area (Å²) in [5, 5.41) is 6.51. The zero-order chi connectivity index (χ0) is 15.6. The van der Waals surface area contributed by atoms with Gasteiger partial charge in [-0.25, -0.2) is 5.10 Å². The molecule has 0 aromatic carbocycles. The standard InChI is InChI=1S/C15H24N4O2/c1-4-10-11(5-2)17-18-13(20)12(10)14(21)19-7-6-15(3,8-16)9-19/h4-9,16H2,1-3H3,(H,18,20). The molecule has 2 heterocycles. The van der Waals surface area contributed by atoms with Crippen LogP contribution in [0.2, 0.25) is 0 Å². The van der Waals surface area contributed by atoms with Gasteiger partial charge in [-0.3, -0.25) is 9.59 Å². The lowest BCUT2D eigenvalue weighted by Crippen LogP contribution is -2.38. The summed E-state index contributed by atoms with van der Waals surface area (Å²) < 4.78 is 0. The molecule has 6 nitrogen and oxygen atoms in total. The minimum absolute atomic E-state index is 0.0462. The van der Waals surface area contributed by atoms with E-state index >= 15 is 0 Å². The fourth-order valence-electron chi connectivity index (χ4n) is 2.94. The molecule has 0 saturated carbocycles. The van der Waals surface area contributed by atoms with E-state index in [1.54, 1.807) is 4.90 Å². The summed E-state index contributed by atoms with van der Waals surface area (Å²) in [6.45, 7) is 7.79. The van der Waals surface area contributed by atoms with Gasteiger partial charge >= 0.3 is 0 Å². The zero-order valence-electron chi connectivity index (χ0n) is 13.0. The lowest BCUT2D eigenvalue weighted by Gasteiger charge is -2.23. The summed E-state index contributed by atoms with van der Waals surface area (Å²) in [6, 6.07) is 0. The number of nitrogens with zero attached hydrogens (tertiary/aromatic N) is 2. The van der Waals surface area contributed by atoms with Crippen molar-refractivity contribution < 1.29 is 4.79 Å². The smallest absolute Gasteiger partial charge is 0.277 e. The van der Waals surface area contributed by atoms with Crippen molar-refractivity contribution in [3.8, 4) is 0 Å². The Balaban J connectivity index is 2.38. The first kappa shape index (κ1) is 15.7. The number of nitrogens with two attached hydrogens (primary N) is 1. The molecule has 2 rings (SSSR count). The first-order valence-electron chi connectivity index (χ1n) is 7.55. The van der Waals surface area contributed by atoms with E-state index < -0.39 is 5.56 Å². The van der Waals surface area contributed by atoms with Crippen molar-refractivity contribution in [2.24, 2.45) is 11.1 Å². The van der Waals surface area contributed by atoms with Crippen molar-refractivity contribution in [2.75, 3.05) is 19.6 Å². The maximum Gasteiger partial charge on any atom is 0.277 e. The predicted octanol–water partition coefficient (Wildman–Crippen LogP) is 0.706. The molecule has 1 amide bonds. The van der Waals surface area contributed by atoms with E-state index in [0.29, 0.717) is 32.5 Å². The summed E-state index contributed by atoms with van der Waals surface area (Å²) in [5.74, 6) is -0.192. The Labute approximate surface area is 124 Å². The number of hydrogen-bond donors (Lipinski definition) is 2. The van der Waals surface area contributed by atoms with Gasteiger partial charge in [0.15, 0.2) is 0 Å². The van der Waals surface area contributed by atoms with Gasteiger partial charge in [0.2, 0.25) is 0 Å². The molecule has 1 aromatic heterocycles. The van der Waals surface area contributed by atoms with Crippen LogP contribution >= 0.6 is 0 Å². The SMILES string of the molecule is CCc1n[nH]c(=O)c(C(=O)N2CCC(C)(CN)C2)c1CC. The topological polar surface area (TPSA) is 92.1 Å². The van der Waals surface area contributed by atoms with Crippen LogP contribution < -0.4 is 11.3 Å². The lowest BCUT2D eigenvalue weighted by molar-refractivity contribution is 0.0773. The molecule has 0 spiro atoms. The van der Waals surface area contributed by atoms with E-state index in [-0.39, 0.29) is 16.9 Å². The van der Waals surface area contributed by atoms with Gasteiger partial charge in [0.25, 0.3) is 11.5 Å². The molecule has 1 unspecified atom stereocenters. The zero-order valence-corrected chi connectivity index (χ0v) is 13.0. The van der Waals surface area contributed by atoms with E-state index in [0.717, 1.165) is 17.7 Å². The molecule has 116 valence electrons. The van der Waals surface area contributed by atoms with Gasteiger partial charge in [0.05, 0.1) is 5.69 Å². The van der Waals surface area contributed by atoms with Gasteiger partial charge in [0.1, 0.15) is 5.56 Å². The molecule has 1 fully saturated rings. The molecular weight excluding hydrogens is 268 g/mol. The van der Waals surface area contributed by atoms with Crippen LogP contribution in [0.5, 0.6) is 0 Å². The molecule has 1 aromatic rings. The van der Waals surface area contributed by atoms with Gasteiger partial charge in [-0.1, -0.05) is 20.8 Å². The second kappa shape index (κ2) is 5.97. The molecule has 0 radical (unpaired) electrons. The Hall–Kier alpha value is -1.69. The number of carbonyl (C=O) groups is 1. The van der Waals surface area contributed by atoms with E-state index in [1.807, 2.05) is 13.8 Å². The number of nitrogens with one attached hydrogen (secondary N) is 1. The van der Waals surface area contributed by atoms with Gasteiger partial charge in [0, 0.05) is 13.1 Å². The number of aryl methyl sites for hydroxylation is 1. The van der Waals surface area contributed by atoms with Gasteiger partial charge in [-0.2, -0.15) is 5.10 Å². The normalized spacial score (nSPS) is 21.8. The third-order valence-electron chi connectivity index (χ3n) is 4.41. The molecule has 1 aliphatic rings. The van der Waals surface area contributed by atoms with E-state index in [2.05, 4.69) is 17.1 Å². The summed E-state index contributed by atoms with van der Waals surface area (Å²) >= 11 is 0. The molecule has 21 heavy (non-hydrogen) atoms. The molecule has 1 aliphatic heterocycles. The molecule has 0 aliphatic carbocycles. The van der Waals surface area contributed by atoms with Gasteiger partial charge in [-0.15, -0.1) is 0 Å². The number of rotatable bonds is 4. The van der Waals surface area contributed by atoms with Crippen LogP contribution in [0.4, 0.5) is 0 Å². The van der Waals surface area contributed by atoms with E-state index in [9.17, 15) is 9.59 Å². The van der Waals surface area contributed by atoms with Crippen LogP contribution in [0.1, 0.15) is 48.8 Å². The third-order valence-corrected chi connectivity index (χ3v) is 4.41. The van der Waals surface area contributed by atoms with Crippen molar-refractivity contribution in [3.63, 3.8) is 0 Å². The summed E-state index contributed by atoms with van der Waals surface area (Å²) in [7, 11) is 0. The highest BCUT2D eigenvalue weighted by Crippen LogP contribution is 2.29. The predicted molar refractivity (Wildman–Crippen MR) is 81.3 cm³/mol. The highest BCUT2D eigenvalue weighted by atomic mass is 16.2. The second-order valence-electron chi connectivity index (χ2n) is 6.05. The average Bonchev–Trinajstić information content (AvgIpc) is 2.89. The van der Waals surface area contributed by atoms with Crippen molar-refractivity contribution in [3.05, 3.63) is 27.2 Å². The monoisotopic (exact) mass is 292 g/mol. The number of H-pyrrole nitrogens is 1. The molecule has 6 heteroatoms. The highest BCUT2D eigenvalue weighted by molar-refractivity contribution is 5.95. The van der Waals surface area contributed by atoms with Crippen molar-refractivity contribution in [2.45, 2.75) is 40.0 Å². The van der Waals surface area contributed by atoms with Crippen LogP contribution in [0.3, 0.4) is 0 Å². The number of aromatic amines is 1. The molecular formula is C15H24N4O2. The molecule has 1 atom stereocenters. The Bertz CT molecular complexity index is 596. The Morgan fingerprint density at radius 1 is 1.43 bits per heavy atom. The maximum atomic E-state index is 12.8. The molecule has 3 N–H and O–H groups in total. The van der Waals surface area contributed by atoms with E-state index in [1.165, 1.54) is 0 Å². The first-order chi connectivity index (χ1) is 9.95. The average molecular weight is 292 g/mol. The van der Waals surface area contributed by atoms with Crippen LogP contribution in [-0.2, 0) is 12.8 Å². The van der Waals surface area contributed by atoms with E-state index in [4.69, 9.17) is 5.73 Å². The van der Waals surface area contributed by atoms with Crippen LogP contribution in [0.25, 0.3) is 0 Å². The maximum absolute atomic E-state index is 12.8. The quantitative estimate of drug-likeness (QED) is 0.854. The number of amides is 1. The Morgan fingerprint density at radius 3 is 2.67 bits per heavy atom. The van der Waals surface area contributed by atoms with Crippen LogP contribution in [0, 0.1) is 5.41 Å². The number of hydrogen-bond acceptors (Lipinski definition) is 4. The fourth-order valence-corrected chi connectivity index (χ4v) is 2.94. The minimum Gasteiger partial charge on any atom is -0.338 e. The van der Waals surface area contributed by atoms with Crippen molar-refractivity contribution >= 4 is 5.91 Å². The molecule has 0 bridgehead atoms. The summed E-state index contributed by atoms with van der Waals surface area (Å²) in [6.07, 6.45) is 2.20.